The maximum atomic E-state index is 11.7. The van der Waals surface area contributed by atoms with Crippen molar-refractivity contribution in [2.45, 2.75) is 39.2 Å². The Morgan fingerprint density at radius 2 is 2.27 bits per heavy atom. The molecule has 1 aromatic rings. The third-order valence-corrected chi connectivity index (χ3v) is 5.71. The van der Waals surface area contributed by atoms with E-state index in [-0.39, 0.29) is 11.8 Å². The third-order valence-electron chi connectivity index (χ3n) is 5.71. The van der Waals surface area contributed by atoms with E-state index in [0.29, 0.717) is 19.7 Å². The number of nitrogens with two attached hydrogens (primary N) is 1. The van der Waals surface area contributed by atoms with Gasteiger partial charge in [0.05, 0.1) is 19.1 Å². The van der Waals surface area contributed by atoms with Crippen LogP contribution in [0.3, 0.4) is 0 Å². The molecule has 1 atom stereocenters. The highest BCUT2D eigenvalue weighted by molar-refractivity contribution is 5.80. The zero-order valence-electron chi connectivity index (χ0n) is 18.3. The molecule has 1 saturated heterocycles. The number of aromatic nitrogens is 1. The van der Waals surface area contributed by atoms with Crippen LogP contribution < -0.4 is 16.0 Å². The number of amides is 1. The van der Waals surface area contributed by atoms with Crippen LogP contribution in [0.2, 0.25) is 0 Å². The van der Waals surface area contributed by atoms with Crippen molar-refractivity contribution in [1.29, 1.82) is 0 Å². The largest absolute Gasteiger partial charge is 0.379 e. The van der Waals surface area contributed by atoms with E-state index in [4.69, 9.17) is 15.5 Å². The van der Waals surface area contributed by atoms with Crippen LogP contribution in [0.4, 0.5) is 5.82 Å². The first-order chi connectivity index (χ1) is 14.6. The first kappa shape index (κ1) is 22.3. The van der Waals surface area contributed by atoms with Crippen LogP contribution >= 0.6 is 0 Å². The summed E-state index contributed by atoms with van der Waals surface area (Å²) in [5.41, 5.74) is 6.60. The van der Waals surface area contributed by atoms with Crippen molar-refractivity contribution in [2.75, 3.05) is 51.3 Å². The minimum absolute atomic E-state index is 0.115. The van der Waals surface area contributed by atoms with Crippen molar-refractivity contribution in [3.05, 3.63) is 23.9 Å². The number of primary amides is 1. The molecule has 1 unspecified atom stereocenters. The number of carbonyl (C=O) groups is 1. The number of hydrogen-bond donors (Lipinski definition) is 2. The molecule has 2 heterocycles. The van der Waals surface area contributed by atoms with Crippen LogP contribution in [0.5, 0.6) is 0 Å². The highest BCUT2D eigenvalue weighted by atomic mass is 16.5. The van der Waals surface area contributed by atoms with Gasteiger partial charge in [-0.15, -0.1) is 0 Å². The van der Waals surface area contributed by atoms with Gasteiger partial charge < -0.3 is 25.6 Å². The number of piperidine rings is 1. The summed E-state index contributed by atoms with van der Waals surface area (Å²) in [4.78, 5) is 25.4. The molecule has 30 heavy (non-hydrogen) atoms. The molecule has 166 valence electrons. The predicted molar refractivity (Wildman–Crippen MR) is 119 cm³/mol. The lowest BCUT2D eigenvalue weighted by atomic mass is 9.97. The molecule has 2 fully saturated rings. The fourth-order valence-corrected chi connectivity index (χ4v) is 3.71. The summed E-state index contributed by atoms with van der Waals surface area (Å²) in [6.45, 7) is 7.29. The summed E-state index contributed by atoms with van der Waals surface area (Å²) in [6.07, 6.45) is 6.21. The average molecular weight is 417 g/mol. The molecule has 1 aliphatic carbocycles. The highest BCUT2D eigenvalue weighted by Crippen LogP contribution is 2.28. The average Bonchev–Trinajstić information content (AvgIpc) is 3.59. The Balaban J connectivity index is 1.62. The quantitative estimate of drug-likeness (QED) is 0.342. The standard InChI is InChI=1S/C22H36N6O2/c1-3-24-22(27(2)12-13-30-16-17-8-9-17)26-14-18-6-4-10-25-21(18)28-11-5-7-19(15-28)20(23)29/h4,6,10,17,19H,3,5,7-9,11-16H2,1-2H3,(H2,23,29)(H,24,26). The number of aliphatic imine (C=N–C) groups is 1. The van der Waals surface area contributed by atoms with Crippen molar-refractivity contribution in [1.82, 2.24) is 15.2 Å². The summed E-state index contributed by atoms with van der Waals surface area (Å²) in [5.74, 6) is 2.20. The van der Waals surface area contributed by atoms with Gasteiger partial charge in [0, 0.05) is 51.6 Å². The lowest BCUT2D eigenvalue weighted by Crippen LogP contribution is -2.42. The molecule has 2 aliphatic rings. The molecule has 1 amide bonds. The summed E-state index contributed by atoms with van der Waals surface area (Å²) in [5, 5.41) is 3.36. The lowest BCUT2D eigenvalue weighted by Gasteiger charge is -2.33. The van der Waals surface area contributed by atoms with Gasteiger partial charge in [0.25, 0.3) is 0 Å². The second-order valence-corrected chi connectivity index (χ2v) is 8.28. The number of guanidine groups is 1. The molecular formula is C22H36N6O2. The van der Waals surface area contributed by atoms with Gasteiger partial charge in [0.2, 0.25) is 5.91 Å². The molecule has 3 rings (SSSR count). The number of likely N-dealkylation sites (N-methyl/N-ethyl adjacent to an activating group) is 1. The van der Waals surface area contributed by atoms with E-state index in [1.807, 2.05) is 13.1 Å². The minimum Gasteiger partial charge on any atom is -0.379 e. The normalized spacial score (nSPS) is 19.6. The van der Waals surface area contributed by atoms with E-state index >= 15 is 0 Å². The van der Waals surface area contributed by atoms with Crippen molar-refractivity contribution < 1.29 is 9.53 Å². The Bertz CT molecular complexity index is 721. The molecule has 1 aliphatic heterocycles. The number of pyridine rings is 1. The van der Waals surface area contributed by atoms with E-state index < -0.39 is 0 Å². The Kier molecular flexibility index (Phi) is 8.30. The first-order valence-corrected chi connectivity index (χ1v) is 11.1. The SMILES string of the molecule is CCNC(=NCc1cccnc1N1CCCC(C(N)=O)C1)N(C)CCOCC1CC1. The van der Waals surface area contributed by atoms with Gasteiger partial charge in [-0.05, 0) is 44.6 Å². The van der Waals surface area contributed by atoms with Crippen molar-refractivity contribution >= 4 is 17.7 Å². The zero-order chi connectivity index (χ0) is 21.3. The Morgan fingerprint density at radius 1 is 1.43 bits per heavy atom. The van der Waals surface area contributed by atoms with Gasteiger partial charge in [0.15, 0.2) is 5.96 Å². The number of nitrogens with one attached hydrogen (secondary N) is 1. The number of carbonyl (C=O) groups excluding carboxylic acids is 1. The van der Waals surface area contributed by atoms with Crippen LogP contribution in [0.15, 0.2) is 23.3 Å². The molecule has 1 aromatic heterocycles. The molecule has 0 spiro atoms. The van der Waals surface area contributed by atoms with E-state index in [1.54, 1.807) is 6.20 Å². The van der Waals surface area contributed by atoms with Gasteiger partial charge in [-0.2, -0.15) is 0 Å². The molecule has 0 bridgehead atoms. The molecule has 0 radical (unpaired) electrons. The third kappa shape index (κ3) is 6.58. The Morgan fingerprint density at radius 3 is 3.00 bits per heavy atom. The first-order valence-electron chi connectivity index (χ1n) is 11.1. The monoisotopic (exact) mass is 416 g/mol. The molecular weight excluding hydrogens is 380 g/mol. The maximum Gasteiger partial charge on any atom is 0.222 e. The topological polar surface area (TPSA) is 96.1 Å². The highest BCUT2D eigenvalue weighted by Gasteiger charge is 2.26. The minimum atomic E-state index is -0.227. The zero-order valence-corrected chi connectivity index (χ0v) is 18.3. The van der Waals surface area contributed by atoms with Gasteiger partial charge in [-0.3, -0.25) is 4.79 Å². The summed E-state index contributed by atoms with van der Waals surface area (Å²) >= 11 is 0. The number of anilines is 1. The number of rotatable bonds is 10. The summed E-state index contributed by atoms with van der Waals surface area (Å²) < 4.78 is 5.77. The fourth-order valence-electron chi connectivity index (χ4n) is 3.71. The van der Waals surface area contributed by atoms with Crippen molar-refractivity contribution in [3.63, 3.8) is 0 Å². The number of ether oxygens (including phenoxy) is 1. The summed E-state index contributed by atoms with van der Waals surface area (Å²) in [7, 11) is 2.04. The van der Waals surface area contributed by atoms with Gasteiger partial charge in [-0.1, -0.05) is 6.07 Å². The van der Waals surface area contributed by atoms with Crippen LogP contribution in [-0.4, -0.2) is 68.2 Å². The fraction of sp³-hybridized carbons (Fsp3) is 0.682. The number of nitrogens with zero attached hydrogens (tertiary/aromatic N) is 4. The number of hydrogen-bond acceptors (Lipinski definition) is 5. The van der Waals surface area contributed by atoms with Crippen molar-refractivity contribution in [3.8, 4) is 0 Å². The molecule has 3 N–H and O–H groups in total. The van der Waals surface area contributed by atoms with Gasteiger partial charge in [-0.25, -0.2) is 9.98 Å². The van der Waals surface area contributed by atoms with Crippen LogP contribution in [0.1, 0.15) is 38.2 Å². The second kappa shape index (κ2) is 11.2. The van der Waals surface area contributed by atoms with E-state index in [2.05, 4.69) is 33.1 Å². The Labute approximate surface area is 179 Å². The van der Waals surface area contributed by atoms with Gasteiger partial charge >= 0.3 is 0 Å². The molecule has 8 nitrogen and oxygen atoms in total. The maximum absolute atomic E-state index is 11.7. The second-order valence-electron chi connectivity index (χ2n) is 8.28. The van der Waals surface area contributed by atoms with Crippen molar-refractivity contribution in [2.24, 2.45) is 22.6 Å². The van der Waals surface area contributed by atoms with E-state index in [9.17, 15) is 4.79 Å². The smallest absolute Gasteiger partial charge is 0.222 e. The Hall–Kier alpha value is -2.35. The van der Waals surface area contributed by atoms with Gasteiger partial charge in [0.1, 0.15) is 5.82 Å². The molecule has 0 aromatic carbocycles. The van der Waals surface area contributed by atoms with Crippen LogP contribution in [0, 0.1) is 11.8 Å². The molecule has 8 heteroatoms. The summed E-state index contributed by atoms with van der Waals surface area (Å²) in [6, 6.07) is 3.99. The van der Waals surface area contributed by atoms with E-state index in [0.717, 1.165) is 62.3 Å². The predicted octanol–water partition coefficient (Wildman–Crippen LogP) is 1.61. The lowest BCUT2D eigenvalue weighted by molar-refractivity contribution is -0.122. The molecule has 1 saturated carbocycles. The van der Waals surface area contributed by atoms with E-state index in [1.165, 1.54) is 12.8 Å². The van der Waals surface area contributed by atoms with Crippen LogP contribution in [0.25, 0.3) is 0 Å². The van der Waals surface area contributed by atoms with Crippen LogP contribution in [-0.2, 0) is 16.1 Å².